The zero-order chi connectivity index (χ0) is 44.7. The van der Waals surface area contributed by atoms with Crippen molar-refractivity contribution in [1.82, 2.24) is 11.7 Å². The van der Waals surface area contributed by atoms with E-state index in [1.165, 1.54) is 0 Å². The van der Waals surface area contributed by atoms with Gasteiger partial charge in [-0.25, -0.2) is 0 Å². The highest BCUT2D eigenvalue weighted by molar-refractivity contribution is 6.49. The maximum atomic E-state index is 7.07. The molecule has 0 aliphatic heterocycles. The van der Waals surface area contributed by atoms with E-state index < -0.39 is 83.5 Å². The molecular weight excluding hydrogens is 717 g/mol. The van der Waals surface area contributed by atoms with Crippen molar-refractivity contribution in [3.8, 4) is 0 Å². The fourth-order valence-electron chi connectivity index (χ4n) is 5.52. The number of hydrogen-bond acceptors (Lipinski definition) is 12. The predicted molar refractivity (Wildman–Crippen MR) is 225 cm³/mol. The molecule has 330 valence electrons. The quantitative estimate of drug-likeness (QED) is 0.117. The lowest BCUT2D eigenvalue weighted by Gasteiger charge is -2.58. The van der Waals surface area contributed by atoms with Gasteiger partial charge in [0.05, 0.1) is 50.4 Å². The molecule has 0 aromatic carbocycles. The van der Waals surface area contributed by atoms with Crippen LogP contribution in [0.5, 0.6) is 0 Å². The van der Waals surface area contributed by atoms with Crippen molar-refractivity contribution in [3.05, 3.63) is 0 Å². The van der Waals surface area contributed by atoms with Gasteiger partial charge in [-0.15, -0.1) is 0 Å². The van der Waals surface area contributed by atoms with Crippen LogP contribution in [0.3, 0.4) is 0 Å². The molecule has 0 aliphatic rings. The van der Waals surface area contributed by atoms with Crippen molar-refractivity contribution >= 4 is 14.8 Å². The van der Waals surface area contributed by atoms with Crippen molar-refractivity contribution in [1.29, 1.82) is 0 Å². The maximum absolute atomic E-state index is 7.07. The second-order valence-electron chi connectivity index (χ2n) is 23.7. The van der Waals surface area contributed by atoms with Gasteiger partial charge in [0.15, 0.2) is 0 Å². The first-order chi connectivity index (χ1) is 23.5. The number of rotatable bonds is 15. The van der Waals surface area contributed by atoms with Gasteiger partial charge in [-0.05, 0) is 208 Å². The van der Waals surface area contributed by atoms with E-state index in [1.807, 2.05) is 220 Å². The smallest absolute Gasteiger partial charge is 0.310 e. The molecule has 0 aromatic rings. The molecule has 0 bridgehead atoms. The van der Waals surface area contributed by atoms with Gasteiger partial charge in [0.25, 0.3) is 0 Å². The van der Waals surface area contributed by atoms with E-state index in [9.17, 15) is 0 Å². The van der Waals surface area contributed by atoms with E-state index in [2.05, 4.69) is 0 Å². The zero-order valence-electron chi connectivity index (χ0n) is 41.6. The first kappa shape index (κ1) is 55.1. The van der Waals surface area contributed by atoms with Gasteiger partial charge in [-0.1, -0.05) is 0 Å². The van der Waals surface area contributed by atoms with Gasteiger partial charge in [-0.3, -0.25) is 11.7 Å². The van der Waals surface area contributed by atoms with Crippen molar-refractivity contribution in [2.45, 2.75) is 256 Å². The Morgan fingerprint density at radius 3 is 0.382 bits per heavy atom. The monoisotopic (exact) mass is 808 g/mol. The molecule has 13 heteroatoms. The summed E-state index contributed by atoms with van der Waals surface area (Å²) < 4.78 is 69.6. The van der Waals surface area contributed by atoms with Gasteiger partial charge < -0.3 is 42.6 Å². The third-order valence-corrected chi connectivity index (χ3v) is 9.28. The minimum Gasteiger partial charge on any atom is -0.310 e. The number of ether oxygens (including phenoxy) is 9. The number of nitrogens with zero attached hydrogens (tertiary/aromatic N) is 3. The highest BCUT2D eigenvalue weighted by Gasteiger charge is 2.66. The Morgan fingerprint density at radius 2 is 0.309 bits per heavy atom. The highest BCUT2D eigenvalue weighted by Crippen LogP contribution is 2.43. The maximum Gasteiger partial charge on any atom is 0.627 e. The van der Waals surface area contributed by atoms with Crippen molar-refractivity contribution in [2.75, 3.05) is 21.1 Å². The lowest BCUT2D eigenvalue weighted by Crippen LogP contribution is -2.80. The first-order valence-corrected chi connectivity index (χ1v) is 21.5. The molecule has 0 radical (unpaired) electrons. The lowest BCUT2D eigenvalue weighted by molar-refractivity contribution is -0.508. The van der Waals surface area contributed by atoms with E-state index in [1.54, 1.807) is 0 Å². The van der Waals surface area contributed by atoms with Gasteiger partial charge in [0, 0.05) is 0 Å². The Kier molecular flexibility index (Phi) is 17.6. The Bertz CT molecular complexity index is 913. The summed E-state index contributed by atoms with van der Waals surface area (Å²) in [5, 5.41) is 0. The van der Waals surface area contributed by atoms with E-state index >= 15 is 0 Å². The van der Waals surface area contributed by atoms with Crippen molar-refractivity contribution in [2.24, 2.45) is 0 Å². The predicted octanol–water partition coefficient (Wildman–Crippen LogP) is 9.94. The zero-order valence-corrected chi connectivity index (χ0v) is 42.7. The second kappa shape index (κ2) is 17.6. The highest BCUT2D eigenvalue weighted by atomic mass is 27.2. The van der Waals surface area contributed by atoms with E-state index in [4.69, 9.17) is 42.6 Å². The Balaban J connectivity index is 9.20. The Hall–Kier alpha value is 0.0525. The standard InChI is InChI=1S/3C14H30NO3.Al/c3*1-11(2,3)16-14(15-10,17-12(4,5)6)18-13(7,8)9;/h3*1-10H3;/q3*-1;+3. The summed E-state index contributed by atoms with van der Waals surface area (Å²) in [6, 6.07) is 0. The van der Waals surface area contributed by atoms with Crippen LogP contribution in [-0.2, 0) is 42.6 Å². The average Bonchev–Trinajstić information content (AvgIpc) is 2.73. The minimum atomic E-state index is -3.32. The molecule has 0 heterocycles. The third kappa shape index (κ3) is 20.7. The van der Waals surface area contributed by atoms with E-state index in [0.717, 1.165) is 0 Å². The van der Waals surface area contributed by atoms with Crippen molar-refractivity contribution < 1.29 is 42.6 Å². The normalized spacial score (nSPS) is 15.9. The average molecular weight is 808 g/mol. The first-order valence-electron chi connectivity index (χ1n) is 20.0. The minimum absolute atomic E-state index is 0.757. The molecule has 0 atom stereocenters. The van der Waals surface area contributed by atoms with Crippen LogP contribution in [0.2, 0.25) is 0 Å². The van der Waals surface area contributed by atoms with Crippen LogP contribution in [0.4, 0.5) is 0 Å². The fourth-order valence-corrected chi connectivity index (χ4v) is 8.40. The van der Waals surface area contributed by atoms with Crippen LogP contribution in [-0.4, -0.2) is 116 Å². The molecule has 0 rings (SSSR count). The summed E-state index contributed by atoms with van der Waals surface area (Å²) in [4.78, 5) is 0. The molecule has 0 spiro atoms. The summed E-state index contributed by atoms with van der Waals surface area (Å²) in [6.45, 7) is 53.5. The van der Waals surface area contributed by atoms with E-state index in [-0.39, 0.29) is 0 Å². The molecular formula is C42H90AlN3O9. The van der Waals surface area contributed by atoms with Crippen LogP contribution in [0.1, 0.15) is 187 Å². The van der Waals surface area contributed by atoms with Crippen LogP contribution < -0.4 is 0 Å². The molecule has 0 saturated heterocycles. The van der Waals surface area contributed by atoms with Gasteiger partial charge in [0.2, 0.25) is 0 Å². The van der Waals surface area contributed by atoms with Crippen LogP contribution in [0, 0.1) is 0 Å². The van der Waals surface area contributed by atoms with Gasteiger partial charge >= 0.3 is 33.1 Å². The van der Waals surface area contributed by atoms with Crippen LogP contribution in [0.15, 0.2) is 0 Å². The third-order valence-electron chi connectivity index (χ3n) is 6.25. The molecule has 0 aliphatic carbocycles. The molecule has 0 fully saturated rings. The van der Waals surface area contributed by atoms with Crippen LogP contribution in [0.25, 0.3) is 0 Å². The summed E-state index contributed by atoms with van der Waals surface area (Å²) in [5.41, 5.74) is -6.82. The second-order valence-corrected chi connectivity index (χ2v) is 26.7. The topological polar surface area (TPSA) is 92.8 Å². The van der Waals surface area contributed by atoms with Gasteiger partial charge in [-0.2, -0.15) is 0 Å². The Morgan fingerprint density at radius 1 is 0.218 bits per heavy atom. The molecule has 0 amide bonds. The molecule has 0 saturated carbocycles. The van der Waals surface area contributed by atoms with E-state index in [0.29, 0.717) is 0 Å². The largest absolute Gasteiger partial charge is 0.627 e. The molecule has 0 unspecified atom stereocenters. The Labute approximate surface area is 344 Å². The molecule has 12 nitrogen and oxygen atoms in total. The van der Waals surface area contributed by atoms with Crippen LogP contribution >= 0.6 is 0 Å². The SMILES string of the molecule is C[N]([Al]([N](C)C(OC(C)(C)C)(OC(C)(C)C)OC(C)(C)C)[N](C)C(OC(C)(C)C)(OC(C)(C)C)OC(C)(C)C)C(OC(C)(C)C)(OC(C)(C)C)OC(C)(C)C. The summed E-state index contributed by atoms with van der Waals surface area (Å²) in [6.07, 6.45) is -5.45. The molecule has 0 aromatic heterocycles. The molecule has 0 N–H and O–H groups in total. The summed E-state index contributed by atoms with van der Waals surface area (Å²) in [5.74, 6) is 0. The summed E-state index contributed by atoms with van der Waals surface area (Å²) in [7, 11) is 5.79. The van der Waals surface area contributed by atoms with Gasteiger partial charge in [0.1, 0.15) is 0 Å². The van der Waals surface area contributed by atoms with Crippen molar-refractivity contribution in [3.63, 3.8) is 0 Å². The molecule has 55 heavy (non-hydrogen) atoms. The lowest BCUT2D eigenvalue weighted by atomic mass is 10.1. The fraction of sp³-hybridized carbons (Fsp3) is 1.00. The number of hydrogen-bond donors (Lipinski definition) is 0. The summed E-state index contributed by atoms with van der Waals surface area (Å²) >= 11 is -3.32.